The molecule has 0 radical (unpaired) electrons. The maximum Gasteiger partial charge on any atom is 0.338 e. The Morgan fingerprint density at radius 2 is 1.59 bits per heavy atom. The number of carbonyl (C=O) groups excluding carboxylic acids is 3. The van der Waals surface area contributed by atoms with E-state index in [0.717, 1.165) is 12.1 Å². The number of phenols is 2. The number of nitrogens with zero attached hydrogens (tertiary/aromatic N) is 1. The van der Waals surface area contributed by atoms with Crippen LogP contribution in [0.2, 0.25) is 0 Å². The summed E-state index contributed by atoms with van der Waals surface area (Å²) in [5.74, 6) is -1.36. The topological polar surface area (TPSA) is 137 Å². The summed E-state index contributed by atoms with van der Waals surface area (Å²) in [6.45, 7) is 1.12. The van der Waals surface area contributed by atoms with Crippen LogP contribution in [0.4, 0.5) is 5.69 Å². The Kier molecular flexibility index (Phi) is 10.6. The van der Waals surface area contributed by atoms with Crippen molar-refractivity contribution in [1.82, 2.24) is 10.6 Å². The molecule has 1 aliphatic heterocycles. The number of aromatic hydroxyl groups is 2. The third-order valence-corrected chi connectivity index (χ3v) is 6.80. The van der Waals surface area contributed by atoms with E-state index >= 15 is 0 Å². The average Bonchev–Trinajstić information content (AvgIpc) is 3.17. The van der Waals surface area contributed by atoms with E-state index in [9.17, 15) is 24.6 Å². The Morgan fingerprint density at radius 3 is 2.27 bits per heavy atom. The summed E-state index contributed by atoms with van der Waals surface area (Å²) in [4.78, 5) is 40.8. The van der Waals surface area contributed by atoms with Crippen molar-refractivity contribution in [2.45, 2.75) is 25.0 Å². The fourth-order valence-electron chi connectivity index (χ4n) is 4.48. The number of hydrogen-bond donors (Lipinski definition) is 4. The molecule has 3 aromatic carbocycles. The Morgan fingerprint density at radius 1 is 0.927 bits per heavy atom. The first kappa shape index (κ1) is 31.3. The molecule has 4 rings (SSSR count). The van der Waals surface area contributed by atoms with Crippen LogP contribution >= 0.6 is 12.4 Å². The van der Waals surface area contributed by atoms with E-state index in [1.54, 1.807) is 12.1 Å². The van der Waals surface area contributed by atoms with Gasteiger partial charge in [0.15, 0.2) is 17.3 Å². The van der Waals surface area contributed by atoms with Gasteiger partial charge in [-0.3, -0.25) is 9.59 Å². The maximum absolute atomic E-state index is 13.0. The number of phenolic OH excluding ortho intramolecular Hbond substituents is 2. The molecule has 10 nitrogen and oxygen atoms in total. The number of rotatable bonds is 8. The standard InChI is InChI=1S/C30H33N3O7.ClH/c1-33(2)21-11-13-24(34)22(16-21)28(36)18-6-8-19(9-7-18)30(38)40-26-5-4-14-31-17-23(26)32-29(37)20-10-12-25(35)27(15-20)39-3;/h6-13,15-16,23,26,31,34-35H,4-5,14,17H2,1-3H3,(H,32,37);1H/t23-,26-;/m1./s1. The van der Waals surface area contributed by atoms with E-state index in [2.05, 4.69) is 10.6 Å². The van der Waals surface area contributed by atoms with Crippen LogP contribution in [0.15, 0.2) is 60.7 Å². The first-order valence-corrected chi connectivity index (χ1v) is 12.9. The molecule has 4 N–H and O–H groups in total. The molecule has 1 amide bonds. The van der Waals surface area contributed by atoms with Crippen molar-refractivity contribution in [2.75, 3.05) is 39.2 Å². The van der Waals surface area contributed by atoms with Gasteiger partial charge in [0.05, 0.1) is 24.3 Å². The molecule has 1 heterocycles. The SMILES string of the molecule is COc1cc(C(=O)N[C@@H]2CNCCC[C@H]2OC(=O)c2ccc(C(=O)c3cc(N(C)C)ccc3O)cc2)ccc1O.Cl. The van der Waals surface area contributed by atoms with Gasteiger partial charge in [0.2, 0.25) is 0 Å². The summed E-state index contributed by atoms with van der Waals surface area (Å²) in [5, 5.41) is 26.2. The second-order valence-electron chi connectivity index (χ2n) is 9.76. The summed E-state index contributed by atoms with van der Waals surface area (Å²) >= 11 is 0. The predicted molar refractivity (Wildman–Crippen MR) is 157 cm³/mol. The van der Waals surface area contributed by atoms with Crippen LogP contribution in [-0.2, 0) is 4.74 Å². The molecule has 11 heteroatoms. The summed E-state index contributed by atoms with van der Waals surface area (Å²) in [7, 11) is 5.08. The van der Waals surface area contributed by atoms with Crippen molar-refractivity contribution in [2.24, 2.45) is 0 Å². The second-order valence-corrected chi connectivity index (χ2v) is 9.76. The van der Waals surface area contributed by atoms with E-state index in [1.165, 1.54) is 55.6 Å². The molecule has 0 aliphatic carbocycles. The second kappa shape index (κ2) is 13.9. The first-order chi connectivity index (χ1) is 19.2. The van der Waals surface area contributed by atoms with E-state index in [0.29, 0.717) is 30.6 Å². The molecule has 1 aliphatic rings. The van der Waals surface area contributed by atoms with Crippen LogP contribution in [0.3, 0.4) is 0 Å². The smallest absolute Gasteiger partial charge is 0.338 e. The zero-order valence-corrected chi connectivity index (χ0v) is 23.9. The zero-order valence-electron chi connectivity index (χ0n) is 23.0. The number of ether oxygens (including phenoxy) is 2. The highest BCUT2D eigenvalue weighted by Gasteiger charge is 2.29. The number of esters is 1. The Bertz CT molecular complexity index is 1400. The zero-order chi connectivity index (χ0) is 28.8. The minimum Gasteiger partial charge on any atom is -0.507 e. The number of benzene rings is 3. The third kappa shape index (κ3) is 7.47. The van der Waals surface area contributed by atoms with E-state index in [1.807, 2.05) is 19.0 Å². The van der Waals surface area contributed by atoms with Gasteiger partial charge in [-0.25, -0.2) is 4.79 Å². The van der Waals surface area contributed by atoms with E-state index in [4.69, 9.17) is 9.47 Å². The first-order valence-electron chi connectivity index (χ1n) is 12.9. The molecule has 41 heavy (non-hydrogen) atoms. The van der Waals surface area contributed by atoms with E-state index in [-0.39, 0.29) is 46.6 Å². The highest BCUT2D eigenvalue weighted by atomic mass is 35.5. The average molecular weight is 584 g/mol. The van der Waals surface area contributed by atoms with Gasteiger partial charge in [-0.1, -0.05) is 12.1 Å². The van der Waals surface area contributed by atoms with Gasteiger partial charge in [0, 0.05) is 37.5 Å². The number of ketones is 1. The Balaban J connectivity index is 0.00000462. The molecule has 3 aromatic rings. The van der Waals surface area contributed by atoms with Crippen molar-refractivity contribution in [3.8, 4) is 17.2 Å². The molecule has 218 valence electrons. The Labute approximate surface area is 244 Å². The van der Waals surface area contributed by atoms with Gasteiger partial charge in [-0.15, -0.1) is 12.4 Å². The molecule has 0 bridgehead atoms. The van der Waals surface area contributed by atoms with Gasteiger partial charge in [-0.2, -0.15) is 0 Å². The fraction of sp³-hybridized carbons (Fsp3) is 0.300. The summed E-state index contributed by atoms with van der Waals surface area (Å²) < 4.78 is 10.9. The number of carbonyl (C=O) groups is 3. The minimum absolute atomic E-state index is 0. The third-order valence-electron chi connectivity index (χ3n) is 6.80. The fourth-order valence-corrected chi connectivity index (χ4v) is 4.48. The molecular formula is C30H34ClN3O7. The van der Waals surface area contributed by atoms with Gasteiger partial charge in [0.25, 0.3) is 5.91 Å². The lowest BCUT2D eigenvalue weighted by atomic mass is 10.0. The molecule has 2 atom stereocenters. The lowest BCUT2D eigenvalue weighted by molar-refractivity contribution is 0.0192. The normalized spacial score (nSPS) is 16.5. The largest absolute Gasteiger partial charge is 0.507 e. The van der Waals surface area contributed by atoms with Crippen molar-refractivity contribution >= 4 is 35.8 Å². The van der Waals surface area contributed by atoms with Crippen molar-refractivity contribution < 1.29 is 34.1 Å². The molecule has 0 aromatic heterocycles. The van der Waals surface area contributed by atoms with Gasteiger partial charge in [0.1, 0.15) is 11.9 Å². The maximum atomic E-state index is 13.0. The lowest BCUT2D eigenvalue weighted by Gasteiger charge is -2.26. The van der Waals surface area contributed by atoms with Crippen molar-refractivity contribution in [3.63, 3.8) is 0 Å². The van der Waals surface area contributed by atoms with Crippen LogP contribution in [0, 0.1) is 0 Å². The number of hydrogen-bond acceptors (Lipinski definition) is 9. The van der Waals surface area contributed by atoms with Crippen LogP contribution in [0.25, 0.3) is 0 Å². The lowest BCUT2D eigenvalue weighted by Crippen LogP contribution is -2.49. The number of methoxy groups -OCH3 is 1. The summed E-state index contributed by atoms with van der Waals surface area (Å²) in [6.07, 6.45) is 0.707. The minimum atomic E-state index is -0.586. The van der Waals surface area contributed by atoms with Crippen LogP contribution < -0.4 is 20.3 Å². The Hall–Kier alpha value is -4.28. The van der Waals surface area contributed by atoms with Crippen molar-refractivity contribution in [3.05, 3.63) is 82.9 Å². The number of halogens is 1. The molecule has 0 saturated carbocycles. The molecule has 1 saturated heterocycles. The van der Waals surface area contributed by atoms with Crippen LogP contribution in [0.1, 0.15) is 49.5 Å². The number of amides is 1. The van der Waals surface area contributed by atoms with Crippen LogP contribution in [0.5, 0.6) is 17.2 Å². The summed E-state index contributed by atoms with van der Waals surface area (Å²) in [6, 6.07) is 14.7. The predicted octanol–water partition coefficient (Wildman–Crippen LogP) is 3.53. The highest BCUT2D eigenvalue weighted by Crippen LogP contribution is 2.27. The summed E-state index contributed by atoms with van der Waals surface area (Å²) in [5.41, 5.74) is 1.80. The molecule has 0 spiro atoms. The number of anilines is 1. The van der Waals surface area contributed by atoms with E-state index < -0.39 is 24.0 Å². The van der Waals surface area contributed by atoms with Gasteiger partial charge < -0.3 is 35.2 Å². The number of nitrogens with one attached hydrogen (secondary N) is 2. The van der Waals surface area contributed by atoms with Gasteiger partial charge in [-0.05, 0) is 67.9 Å². The molecule has 0 unspecified atom stereocenters. The monoisotopic (exact) mass is 583 g/mol. The van der Waals surface area contributed by atoms with Gasteiger partial charge >= 0.3 is 5.97 Å². The quantitative estimate of drug-likeness (QED) is 0.232. The highest BCUT2D eigenvalue weighted by molar-refractivity contribution is 6.11. The molecule has 1 fully saturated rings. The van der Waals surface area contributed by atoms with Crippen molar-refractivity contribution in [1.29, 1.82) is 0 Å². The van der Waals surface area contributed by atoms with Crippen LogP contribution in [-0.4, -0.2) is 74.3 Å². The molecular weight excluding hydrogens is 550 g/mol.